The number of quaternary nitrogens is 2. The Morgan fingerprint density at radius 3 is 0.838 bits per heavy atom. The summed E-state index contributed by atoms with van der Waals surface area (Å²) in [4.78, 5) is 46.6. The van der Waals surface area contributed by atoms with Crippen molar-refractivity contribution in [2.75, 3.05) is 28.3 Å². The Hall–Kier alpha value is -13.1. The first-order chi connectivity index (χ1) is 61.2. The van der Waals surface area contributed by atoms with Crippen LogP contribution in [0, 0.1) is 0 Å². The van der Waals surface area contributed by atoms with Gasteiger partial charge in [0, 0.05) is 24.2 Å². The van der Waals surface area contributed by atoms with Crippen molar-refractivity contribution in [3.63, 3.8) is 0 Å². The van der Waals surface area contributed by atoms with Crippen LogP contribution >= 0.6 is 0 Å². The van der Waals surface area contributed by atoms with Gasteiger partial charge in [-0.25, -0.2) is 19.2 Å². The number of carbonyl (C=O) groups is 4. The van der Waals surface area contributed by atoms with Crippen LogP contribution in [0.25, 0.3) is 132 Å². The first kappa shape index (κ1) is 97.5. The molecule has 664 valence electrons. The number of hydrogen-bond acceptors (Lipinski definition) is 8. The Kier molecular flexibility index (Phi) is 31.5. The van der Waals surface area contributed by atoms with Gasteiger partial charge in [0.2, 0.25) is 0 Å². The first-order valence-corrected chi connectivity index (χ1v) is 43.8. The van der Waals surface area contributed by atoms with Crippen molar-refractivity contribution in [2.24, 2.45) is 5.73 Å². The summed E-state index contributed by atoms with van der Waals surface area (Å²) in [6.07, 6.45) is 0. The molecular weight excluding hydrogens is 1650 g/mol. The van der Waals surface area contributed by atoms with Gasteiger partial charge in [0.15, 0.2) is 0 Å². The minimum absolute atomic E-state index is 0. The molecule has 14 heteroatoms. The topological polar surface area (TPSA) is 209 Å². The number of hydrogen-bond donors (Lipinski definition) is 6. The van der Waals surface area contributed by atoms with E-state index in [9.17, 15) is 29.4 Å². The largest absolute Gasteiger partial charge is 1.00 e. The van der Waals surface area contributed by atoms with Crippen molar-refractivity contribution in [1.82, 2.24) is 5.32 Å². The fourth-order valence-corrected chi connectivity index (χ4v) is 16.8. The van der Waals surface area contributed by atoms with E-state index < -0.39 is 11.9 Å². The number of methoxy groups -OCH3 is 2. The van der Waals surface area contributed by atoms with Gasteiger partial charge in [-0.3, -0.25) is 0 Å². The highest BCUT2D eigenvalue weighted by molar-refractivity contribution is 6.04. The van der Waals surface area contributed by atoms with Crippen LogP contribution in [0.15, 0.2) is 315 Å². The molecule has 16 aromatic carbocycles. The summed E-state index contributed by atoms with van der Waals surface area (Å²) in [5, 5.41) is 33.5. The molecule has 0 fully saturated rings. The van der Waals surface area contributed by atoms with Gasteiger partial charge in [0.25, 0.3) is 0 Å². The smallest absolute Gasteiger partial charge is 0.337 e. The van der Waals surface area contributed by atoms with E-state index in [4.69, 9.17) is 15.2 Å². The van der Waals surface area contributed by atoms with Gasteiger partial charge in [0.05, 0.1) is 43.5 Å². The van der Waals surface area contributed by atoms with Gasteiger partial charge >= 0.3 is 23.9 Å². The number of ether oxygens (including phenoxy) is 2. The van der Waals surface area contributed by atoms with Crippen LogP contribution in [0.1, 0.15) is 169 Å². The van der Waals surface area contributed by atoms with E-state index in [2.05, 4.69) is 342 Å². The SMILES string of the molecule is CC(C)(C)c1ccc(-c2cccc3cc(-c4ccc(C(=O)O)cc4C[NH3+])ccc23)cc1.CNCc1cc(C(=O)OC)ccc1-c1ccc2c(-c3ccc(C(C)(C)C)cc3)cccc2c1.COC(=O)c1ccc(-c2ccc3c(-c4ccc(C(C)(C)C)cc4)cccc3c2)c(CN)c1.C[NH2+]Cc1cc(C(=O)O)ccc1-c1ccc2c(-c3ccc(C(C)(C)C)cc3)cccc2c1.[Cl-].[Cl-]. The zero-order valence-electron chi connectivity index (χ0n) is 77.3. The molecule has 0 amide bonds. The quantitative estimate of drug-likeness (QED) is 0.0448. The third kappa shape index (κ3) is 22.6. The Balaban J connectivity index is 0.000000167. The second-order valence-corrected chi connectivity index (χ2v) is 37.0. The highest BCUT2D eigenvalue weighted by Crippen LogP contribution is 2.41. The third-order valence-electron chi connectivity index (χ3n) is 24.1. The van der Waals surface area contributed by atoms with Crippen molar-refractivity contribution in [2.45, 2.75) is 131 Å². The van der Waals surface area contributed by atoms with E-state index in [-0.39, 0.29) is 58.4 Å². The average molecular weight is 1770 g/mol. The van der Waals surface area contributed by atoms with E-state index in [0.717, 1.165) is 78.7 Å². The van der Waals surface area contributed by atoms with Crippen molar-refractivity contribution in [1.29, 1.82) is 0 Å². The molecule has 16 aromatic rings. The van der Waals surface area contributed by atoms with Gasteiger partial charge < -0.3 is 66.6 Å². The Morgan fingerprint density at radius 2 is 0.577 bits per heavy atom. The number of nitrogens with two attached hydrogens (primary N) is 2. The number of fused-ring (bicyclic) bond motifs is 4. The van der Waals surface area contributed by atoms with E-state index in [1.54, 1.807) is 30.3 Å². The van der Waals surface area contributed by atoms with Crippen LogP contribution in [0.5, 0.6) is 0 Å². The lowest BCUT2D eigenvalue weighted by atomic mass is 9.86. The molecule has 0 aliphatic carbocycles. The van der Waals surface area contributed by atoms with E-state index in [1.165, 1.54) is 119 Å². The van der Waals surface area contributed by atoms with Gasteiger partial charge in [-0.2, -0.15) is 0 Å². The number of carboxylic acids is 2. The maximum absolute atomic E-state index is 12.0. The summed E-state index contributed by atoms with van der Waals surface area (Å²) >= 11 is 0. The maximum Gasteiger partial charge on any atom is 0.337 e. The second kappa shape index (κ2) is 42.0. The lowest BCUT2D eigenvalue weighted by Gasteiger charge is -2.19. The van der Waals surface area contributed by atoms with E-state index in [1.807, 2.05) is 56.6 Å². The molecule has 0 heterocycles. The molecule has 0 aliphatic rings. The highest BCUT2D eigenvalue weighted by Gasteiger charge is 2.23. The molecule has 0 spiro atoms. The molecule has 0 aromatic heterocycles. The van der Waals surface area contributed by atoms with Crippen LogP contribution in [0.2, 0.25) is 0 Å². The molecule has 0 saturated carbocycles. The minimum atomic E-state index is -0.915. The molecule has 0 aliphatic heterocycles. The number of carbonyl (C=O) groups excluding carboxylic acids is 2. The van der Waals surface area contributed by atoms with Gasteiger partial charge in [-0.1, -0.05) is 326 Å². The number of nitrogens with one attached hydrogen (secondary N) is 1. The number of esters is 2. The lowest BCUT2D eigenvalue weighted by molar-refractivity contribution is -0.643. The molecular formula is C116H118Cl2N4O8. The van der Waals surface area contributed by atoms with Crippen molar-refractivity contribution in [3.8, 4) is 89.0 Å². The molecule has 10 N–H and O–H groups in total. The van der Waals surface area contributed by atoms with Crippen molar-refractivity contribution >= 4 is 67.0 Å². The monoisotopic (exact) mass is 1760 g/mol. The Labute approximate surface area is 778 Å². The van der Waals surface area contributed by atoms with Crippen molar-refractivity contribution < 1.29 is 74.7 Å². The standard InChI is InChI=1S/C30H31NO2.2C29H29NO2.C28H27NO2.2ClH/c1-30(2,3)25-13-9-20(10-14-25)27-8-6-7-21-17-22(11-16-28(21)27)26-15-12-23(29(32)33-5)18-24(26)19-31-4;1-29(2,3)24-12-8-19(9-13-24)26-7-5-6-20-16-21(10-15-27(20)26)25-14-11-22(28(31)32-4)17-23(25)18-30;1-29(2,3)24-12-8-19(9-13-24)26-7-5-6-20-16-21(10-15-27(20)26)25-14-11-22(28(31)32)17-23(25)18-30-4;1-28(2,3)23-11-7-18(8-12-23)25-6-4-5-19-15-20(9-14-26(19)25)24-13-10-21(27(30)31)16-22(24)17-29;;/h6-18,31H,19H2,1-5H3;5-17H,18,30H2,1-4H3;5-17,30H,18H2,1-4H3,(H,31,32);4-16H,17,29H2,1-3H3,(H,30,31);2*1H. The number of rotatable bonds is 18. The van der Waals surface area contributed by atoms with Gasteiger partial charge in [0.1, 0.15) is 13.1 Å². The maximum atomic E-state index is 12.0. The molecule has 0 bridgehead atoms. The normalized spacial score (nSPS) is 11.4. The van der Waals surface area contributed by atoms with Gasteiger partial charge in [-0.15, -0.1) is 0 Å². The summed E-state index contributed by atoms with van der Waals surface area (Å²) in [6, 6.07) is 109. The summed E-state index contributed by atoms with van der Waals surface area (Å²) in [6.45, 7) is 29.1. The van der Waals surface area contributed by atoms with E-state index in [0.29, 0.717) is 41.9 Å². The molecule has 0 radical (unpaired) electrons. The molecule has 16 rings (SSSR count). The number of halogens is 2. The predicted octanol–water partition coefficient (Wildman–Crippen LogP) is 19.5. The summed E-state index contributed by atoms with van der Waals surface area (Å²) in [5.41, 5.74) is 39.9. The number of aromatic carboxylic acids is 2. The Bertz CT molecular complexity index is 6770. The molecule has 0 unspecified atom stereocenters. The zero-order chi connectivity index (χ0) is 91.5. The summed E-state index contributed by atoms with van der Waals surface area (Å²) in [7, 11) is 6.70. The first-order valence-electron chi connectivity index (χ1n) is 43.8. The van der Waals surface area contributed by atoms with Crippen molar-refractivity contribution in [3.05, 3.63) is 382 Å². The average Bonchev–Trinajstić information content (AvgIpc) is 0.787. The molecule has 0 saturated heterocycles. The molecule has 0 atom stereocenters. The summed E-state index contributed by atoms with van der Waals surface area (Å²) in [5.74, 6) is -2.48. The summed E-state index contributed by atoms with van der Waals surface area (Å²) < 4.78 is 9.73. The number of carboxylic acid groups (broad SMARTS) is 2. The second-order valence-electron chi connectivity index (χ2n) is 37.0. The molecule has 12 nitrogen and oxygen atoms in total. The molecule has 130 heavy (non-hydrogen) atoms. The fraction of sp³-hybridized carbons (Fsp3) is 0.207. The Morgan fingerprint density at radius 1 is 0.323 bits per heavy atom. The van der Waals surface area contributed by atoms with Crippen LogP contribution in [-0.4, -0.2) is 62.4 Å². The fourth-order valence-electron chi connectivity index (χ4n) is 16.8. The lowest BCUT2D eigenvalue weighted by Crippen LogP contribution is -3.00. The number of benzene rings is 16. The van der Waals surface area contributed by atoms with Crippen LogP contribution < -0.4 is 46.9 Å². The van der Waals surface area contributed by atoms with Crippen LogP contribution in [0.4, 0.5) is 0 Å². The highest BCUT2D eigenvalue weighted by atomic mass is 35.5. The van der Waals surface area contributed by atoms with E-state index >= 15 is 0 Å². The minimum Gasteiger partial charge on any atom is -1.00 e. The van der Waals surface area contributed by atoms with Crippen LogP contribution in [-0.2, 0) is 57.3 Å². The third-order valence-corrected chi connectivity index (χ3v) is 24.1. The zero-order valence-corrected chi connectivity index (χ0v) is 78.8. The van der Waals surface area contributed by atoms with Crippen LogP contribution in [0.3, 0.4) is 0 Å². The van der Waals surface area contributed by atoms with Gasteiger partial charge in [-0.05, 0) is 267 Å². The predicted molar refractivity (Wildman–Crippen MR) is 529 cm³/mol.